The van der Waals surface area contributed by atoms with Crippen molar-refractivity contribution >= 4 is 50.0 Å². The summed E-state index contributed by atoms with van der Waals surface area (Å²) in [5.41, 5.74) is 9.04. The van der Waals surface area contributed by atoms with Crippen molar-refractivity contribution in [3.63, 3.8) is 0 Å². The minimum Gasteiger partial charge on any atom is -0.322 e. The third kappa shape index (κ3) is 4.17. The number of benzene rings is 3. The minimum atomic E-state index is -0.139. The highest BCUT2D eigenvalue weighted by Gasteiger charge is 2.21. The second-order valence-electron chi connectivity index (χ2n) is 8.32. The van der Waals surface area contributed by atoms with E-state index in [0.717, 1.165) is 60.1 Å². The van der Waals surface area contributed by atoms with E-state index in [1.165, 1.54) is 0 Å². The number of pyridine rings is 1. The number of fused-ring (bicyclic) bond motifs is 1. The van der Waals surface area contributed by atoms with Gasteiger partial charge >= 0.3 is 0 Å². The average Bonchev–Trinajstić information content (AvgIpc) is 2.72. The van der Waals surface area contributed by atoms with Gasteiger partial charge in [-0.15, -0.1) is 0 Å². The maximum absolute atomic E-state index is 13.7. The Bertz CT molecular complexity index is 1380. The summed E-state index contributed by atoms with van der Waals surface area (Å²) in [6.45, 7) is 10.0. The Labute approximate surface area is 202 Å². The summed E-state index contributed by atoms with van der Waals surface area (Å²) in [5, 5.41) is 4.67. The van der Waals surface area contributed by atoms with E-state index in [2.05, 4.69) is 27.3 Å². The lowest BCUT2D eigenvalue weighted by molar-refractivity contribution is 0.102. The standard InChI is InChI=1S/C27H24BrClN2O/c1-14-10-17(4)25-21(11-14)24(18(5)26(31-25)19-6-8-20(29)9-7-19)27(32)30-23-13-15(2)22(28)12-16(23)3/h6-13H,1-5H3,(H,30,32). The van der Waals surface area contributed by atoms with E-state index in [-0.39, 0.29) is 5.91 Å². The van der Waals surface area contributed by atoms with Crippen LogP contribution < -0.4 is 5.32 Å². The highest BCUT2D eigenvalue weighted by Crippen LogP contribution is 2.33. The Balaban J connectivity index is 1.94. The molecule has 1 aromatic heterocycles. The monoisotopic (exact) mass is 506 g/mol. The lowest BCUT2D eigenvalue weighted by Gasteiger charge is -2.17. The molecule has 0 radical (unpaired) electrons. The Hall–Kier alpha value is -2.69. The molecule has 0 atom stereocenters. The zero-order valence-corrected chi connectivity index (χ0v) is 21.1. The Morgan fingerprint density at radius 3 is 2.28 bits per heavy atom. The number of nitrogens with one attached hydrogen (secondary N) is 1. The van der Waals surface area contributed by atoms with E-state index < -0.39 is 0 Å². The number of carbonyl (C=O) groups is 1. The third-order valence-corrected chi connectivity index (χ3v) is 6.87. The topological polar surface area (TPSA) is 42.0 Å². The van der Waals surface area contributed by atoms with Crippen LogP contribution in [0, 0.1) is 34.6 Å². The van der Waals surface area contributed by atoms with Gasteiger partial charge in [-0.3, -0.25) is 4.79 Å². The second kappa shape index (κ2) is 8.68. The van der Waals surface area contributed by atoms with Gasteiger partial charge in [-0.2, -0.15) is 0 Å². The summed E-state index contributed by atoms with van der Waals surface area (Å²) >= 11 is 9.66. The van der Waals surface area contributed by atoms with Gasteiger partial charge in [0.25, 0.3) is 5.91 Å². The Morgan fingerprint density at radius 2 is 1.59 bits per heavy atom. The molecule has 5 heteroatoms. The van der Waals surface area contributed by atoms with Crippen molar-refractivity contribution in [3.05, 3.63) is 91.4 Å². The summed E-state index contributed by atoms with van der Waals surface area (Å²) in [4.78, 5) is 18.7. The van der Waals surface area contributed by atoms with Crippen LogP contribution in [0.4, 0.5) is 5.69 Å². The fourth-order valence-electron chi connectivity index (χ4n) is 4.10. The Kier molecular flexibility index (Phi) is 6.11. The first kappa shape index (κ1) is 22.5. The van der Waals surface area contributed by atoms with E-state index in [9.17, 15) is 4.79 Å². The van der Waals surface area contributed by atoms with Crippen molar-refractivity contribution in [3.8, 4) is 11.3 Å². The molecular formula is C27H24BrClN2O. The summed E-state index contributed by atoms with van der Waals surface area (Å²) in [5.74, 6) is -0.139. The number of hydrogen-bond acceptors (Lipinski definition) is 2. The molecule has 162 valence electrons. The zero-order chi connectivity index (χ0) is 23.2. The zero-order valence-electron chi connectivity index (χ0n) is 18.7. The van der Waals surface area contributed by atoms with E-state index in [1.807, 2.05) is 77.1 Å². The molecule has 1 amide bonds. The van der Waals surface area contributed by atoms with Crippen LogP contribution in [-0.2, 0) is 0 Å². The molecule has 0 bridgehead atoms. The molecule has 3 aromatic carbocycles. The first-order valence-corrected chi connectivity index (χ1v) is 11.6. The molecule has 3 nitrogen and oxygen atoms in total. The van der Waals surface area contributed by atoms with Crippen LogP contribution in [0.15, 0.2) is 53.0 Å². The minimum absolute atomic E-state index is 0.139. The van der Waals surface area contributed by atoms with Crippen molar-refractivity contribution in [2.75, 3.05) is 5.32 Å². The van der Waals surface area contributed by atoms with Crippen molar-refractivity contribution in [2.24, 2.45) is 0 Å². The van der Waals surface area contributed by atoms with Crippen LogP contribution in [0.3, 0.4) is 0 Å². The molecule has 0 aliphatic heterocycles. The molecule has 0 unspecified atom stereocenters. The van der Waals surface area contributed by atoms with Gasteiger partial charge in [-0.1, -0.05) is 51.3 Å². The molecule has 0 spiro atoms. The normalized spacial score (nSPS) is 11.1. The number of rotatable bonds is 3. The molecule has 32 heavy (non-hydrogen) atoms. The summed E-state index contributed by atoms with van der Waals surface area (Å²) < 4.78 is 1.02. The molecule has 4 aromatic rings. The first-order chi connectivity index (χ1) is 15.2. The highest BCUT2D eigenvalue weighted by atomic mass is 79.9. The van der Waals surface area contributed by atoms with E-state index in [0.29, 0.717) is 10.6 Å². The molecule has 0 aliphatic carbocycles. The summed E-state index contributed by atoms with van der Waals surface area (Å²) in [6, 6.07) is 15.7. The predicted octanol–water partition coefficient (Wildman–Crippen LogP) is 8.11. The first-order valence-electron chi connectivity index (χ1n) is 10.4. The van der Waals surface area contributed by atoms with Crippen LogP contribution in [0.25, 0.3) is 22.2 Å². The lowest BCUT2D eigenvalue weighted by atomic mass is 9.94. The van der Waals surface area contributed by atoms with E-state index >= 15 is 0 Å². The number of hydrogen-bond donors (Lipinski definition) is 1. The van der Waals surface area contributed by atoms with Gasteiger partial charge in [0.2, 0.25) is 0 Å². The fraction of sp³-hybridized carbons (Fsp3) is 0.185. The number of aromatic nitrogens is 1. The average molecular weight is 508 g/mol. The van der Waals surface area contributed by atoms with Gasteiger partial charge in [0, 0.05) is 26.1 Å². The second-order valence-corrected chi connectivity index (χ2v) is 9.61. The number of anilines is 1. The van der Waals surface area contributed by atoms with Crippen molar-refractivity contribution in [1.82, 2.24) is 4.98 Å². The van der Waals surface area contributed by atoms with Crippen LogP contribution in [0.2, 0.25) is 5.02 Å². The molecule has 0 saturated carbocycles. The van der Waals surface area contributed by atoms with Gasteiger partial charge in [0.1, 0.15) is 0 Å². The molecule has 1 N–H and O–H groups in total. The molecule has 0 saturated heterocycles. The van der Waals surface area contributed by atoms with Gasteiger partial charge in [0.05, 0.1) is 16.8 Å². The summed E-state index contributed by atoms with van der Waals surface area (Å²) in [6.07, 6.45) is 0. The van der Waals surface area contributed by atoms with Crippen LogP contribution in [0.5, 0.6) is 0 Å². The quantitative estimate of drug-likeness (QED) is 0.304. The van der Waals surface area contributed by atoms with Crippen molar-refractivity contribution in [2.45, 2.75) is 34.6 Å². The molecule has 4 rings (SSSR count). The number of nitrogens with zero attached hydrogens (tertiary/aromatic N) is 1. The van der Waals surface area contributed by atoms with Crippen molar-refractivity contribution < 1.29 is 4.79 Å². The fourth-order valence-corrected chi connectivity index (χ4v) is 4.68. The highest BCUT2D eigenvalue weighted by molar-refractivity contribution is 9.10. The van der Waals surface area contributed by atoms with E-state index in [1.54, 1.807) is 0 Å². The smallest absolute Gasteiger partial charge is 0.256 e. The number of aryl methyl sites for hydroxylation is 4. The SMILES string of the molecule is Cc1cc(C)c2nc(-c3ccc(Cl)cc3)c(C)c(C(=O)Nc3cc(C)c(Br)cc3C)c2c1. The summed E-state index contributed by atoms with van der Waals surface area (Å²) in [7, 11) is 0. The third-order valence-electron chi connectivity index (χ3n) is 5.77. The molecular weight excluding hydrogens is 484 g/mol. The predicted molar refractivity (Wildman–Crippen MR) is 138 cm³/mol. The number of amides is 1. The maximum atomic E-state index is 13.7. The maximum Gasteiger partial charge on any atom is 0.256 e. The van der Waals surface area contributed by atoms with Gasteiger partial charge in [-0.25, -0.2) is 4.98 Å². The van der Waals surface area contributed by atoms with Gasteiger partial charge < -0.3 is 5.32 Å². The van der Waals surface area contributed by atoms with E-state index in [4.69, 9.17) is 16.6 Å². The van der Waals surface area contributed by atoms with Gasteiger partial charge in [-0.05, 0) is 87.2 Å². The number of carbonyl (C=O) groups excluding carboxylic acids is 1. The van der Waals surface area contributed by atoms with Crippen LogP contribution >= 0.6 is 27.5 Å². The van der Waals surface area contributed by atoms with Gasteiger partial charge in [0.15, 0.2) is 0 Å². The largest absolute Gasteiger partial charge is 0.322 e. The lowest BCUT2D eigenvalue weighted by Crippen LogP contribution is -2.16. The van der Waals surface area contributed by atoms with Crippen LogP contribution in [0.1, 0.15) is 38.2 Å². The van der Waals surface area contributed by atoms with Crippen molar-refractivity contribution in [1.29, 1.82) is 0 Å². The van der Waals surface area contributed by atoms with Crippen LogP contribution in [-0.4, -0.2) is 10.9 Å². The number of halogens is 2. The Morgan fingerprint density at radius 1 is 0.906 bits per heavy atom. The molecule has 1 heterocycles. The molecule has 0 aliphatic rings. The molecule has 0 fully saturated rings.